The topological polar surface area (TPSA) is 49.4 Å². The molecular weight excluding hydrogens is 260 g/mol. The number of rotatable bonds is 6. The fourth-order valence-corrected chi connectivity index (χ4v) is 3.60. The molecule has 1 saturated heterocycles. The quantitative estimate of drug-likeness (QED) is 0.804. The molecule has 3 unspecified atom stereocenters. The van der Waals surface area contributed by atoms with Gasteiger partial charge >= 0.3 is 0 Å². The van der Waals surface area contributed by atoms with Gasteiger partial charge in [0, 0.05) is 28.9 Å². The molecule has 1 amide bonds. The van der Waals surface area contributed by atoms with E-state index < -0.39 is 10.8 Å². The molecule has 3 atom stereocenters. The Balaban J connectivity index is 2.05. The number of hydrogen-bond acceptors (Lipinski definition) is 3. The zero-order valence-corrected chi connectivity index (χ0v) is 13.3. The fourth-order valence-electron chi connectivity index (χ4n) is 2.92. The average Bonchev–Trinajstić information content (AvgIpc) is 3.01. The minimum atomic E-state index is -0.781. The van der Waals surface area contributed by atoms with Gasteiger partial charge in [-0.1, -0.05) is 13.8 Å². The van der Waals surface area contributed by atoms with Crippen molar-refractivity contribution in [3.63, 3.8) is 0 Å². The molecule has 0 aromatic carbocycles. The predicted molar refractivity (Wildman–Crippen MR) is 78.2 cm³/mol. The lowest BCUT2D eigenvalue weighted by Gasteiger charge is -2.31. The van der Waals surface area contributed by atoms with Gasteiger partial charge in [-0.3, -0.25) is 14.3 Å². The molecule has 2 rings (SSSR count). The second-order valence-electron chi connectivity index (χ2n) is 6.50. The molecule has 0 radical (unpaired) electrons. The van der Waals surface area contributed by atoms with E-state index in [0.717, 1.165) is 25.7 Å². The van der Waals surface area contributed by atoms with E-state index in [1.165, 1.54) is 0 Å². The van der Waals surface area contributed by atoms with E-state index in [4.69, 9.17) is 0 Å². The summed E-state index contributed by atoms with van der Waals surface area (Å²) in [6, 6.07) is 0.174. The molecule has 1 heterocycles. The predicted octanol–water partition coefficient (Wildman–Crippen LogP) is 1.48. The van der Waals surface area contributed by atoms with Crippen LogP contribution in [0.25, 0.3) is 0 Å². The molecule has 1 aliphatic carbocycles. The fraction of sp³-hybridized carbons (Fsp3) is 0.929. The van der Waals surface area contributed by atoms with Crippen LogP contribution >= 0.6 is 0 Å². The first-order chi connectivity index (χ1) is 8.85. The van der Waals surface area contributed by atoms with Gasteiger partial charge < -0.3 is 4.90 Å². The molecule has 2 fully saturated rings. The van der Waals surface area contributed by atoms with Crippen molar-refractivity contribution >= 4 is 16.7 Å². The Hall–Kier alpha value is -0.420. The molecule has 4 nitrogen and oxygen atoms in total. The van der Waals surface area contributed by atoms with Gasteiger partial charge in [0.1, 0.15) is 0 Å². The third-order valence-electron chi connectivity index (χ3n) is 4.17. The first-order valence-electron chi connectivity index (χ1n) is 7.26. The number of nitrogens with one attached hydrogen (secondary N) is 1. The summed E-state index contributed by atoms with van der Waals surface area (Å²) in [4.78, 5) is 14.6. The SMILES string of the molecule is CC(C)CC1NC2(CC2)C(=O)N1C(C)CCS(C)=O. The smallest absolute Gasteiger partial charge is 0.244 e. The van der Waals surface area contributed by atoms with E-state index in [1.54, 1.807) is 6.26 Å². The molecule has 0 aromatic rings. The Morgan fingerprint density at radius 2 is 2.05 bits per heavy atom. The van der Waals surface area contributed by atoms with Crippen molar-refractivity contribution in [2.45, 2.75) is 64.2 Å². The Bertz CT molecular complexity index is 380. The number of carbonyl (C=O) groups is 1. The minimum absolute atomic E-state index is 0.162. The van der Waals surface area contributed by atoms with Gasteiger partial charge in [-0.2, -0.15) is 0 Å². The zero-order valence-electron chi connectivity index (χ0n) is 12.4. The lowest BCUT2D eigenvalue weighted by Crippen LogP contribution is -2.44. The molecule has 110 valence electrons. The maximum Gasteiger partial charge on any atom is 0.244 e. The van der Waals surface area contributed by atoms with Crippen molar-refractivity contribution in [1.82, 2.24) is 10.2 Å². The highest BCUT2D eigenvalue weighted by molar-refractivity contribution is 7.84. The van der Waals surface area contributed by atoms with Gasteiger partial charge in [-0.25, -0.2) is 0 Å². The summed E-state index contributed by atoms with van der Waals surface area (Å²) < 4.78 is 11.2. The standard InChI is InChI=1S/C14H26N2O2S/c1-10(2)9-12-15-14(6-7-14)13(17)16(12)11(3)5-8-19(4)18/h10-12,15H,5-9H2,1-4H3. The van der Waals surface area contributed by atoms with Crippen LogP contribution < -0.4 is 5.32 Å². The molecule has 0 aromatic heterocycles. The van der Waals surface area contributed by atoms with Crippen molar-refractivity contribution in [2.24, 2.45) is 5.92 Å². The summed E-state index contributed by atoms with van der Waals surface area (Å²) in [7, 11) is -0.781. The average molecular weight is 286 g/mol. The Labute approximate surface area is 118 Å². The summed E-state index contributed by atoms with van der Waals surface area (Å²) >= 11 is 0. The van der Waals surface area contributed by atoms with Gasteiger partial charge in [-0.05, 0) is 38.5 Å². The van der Waals surface area contributed by atoms with Crippen LogP contribution in [0.15, 0.2) is 0 Å². The van der Waals surface area contributed by atoms with Crippen LogP contribution in [-0.4, -0.2) is 44.8 Å². The van der Waals surface area contributed by atoms with E-state index in [9.17, 15) is 9.00 Å². The Kier molecular flexibility index (Phi) is 4.35. The van der Waals surface area contributed by atoms with Gasteiger partial charge in [0.2, 0.25) is 5.91 Å². The highest BCUT2D eigenvalue weighted by Crippen LogP contribution is 2.43. The van der Waals surface area contributed by atoms with Crippen LogP contribution in [0.5, 0.6) is 0 Å². The summed E-state index contributed by atoms with van der Waals surface area (Å²) in [6.45, 7) is 6.46. The lowest BCUT2D eigenvalue weighted by atomic mass is 10.1. The van der Waals surface area contributed by atoms with Crippen molar-refractivity contribution in [3.8, 4) is 0 Å². The molecule has 0 bridgehead atoms. The summed E-state index contributed by atoms with van der Waals surface area (Å²) in [5.41, 5.74) is -0.237. The van der Waals surface area contributed by atoms with Crippen LogP contribution in [0.1, 0.15) is 46.5 Å². The van der Waals surface area contributed by atoms with E-state index >= 15 is 0 Å². The number of hydrogen-bond donors (Lipinski definition) is 1. The first kappa shape index (κ1) is 15.0. The van der Waals surface area contributed by atoms with Crippen LogP contribution in [0.2, 0.25) is 0 Å². The maximum atomic E-state index is 12.6. The number of carbonyl (C=O) groups excluding carboxylic acids is 1. The molecule has 2 aliphatic rings. The number of amides is 1. The molecule has 5 heteroatoms. The Morgan fingerprint density at radius 3 is 2.53 bits per heavy atom. The van der Waals surface area contributed by atoms with Crippen molar-refractivity contribution in [1.29, 1.82) is 0 Å². The molecule has 1 aliphatic heterocycles. The van der Waals surface area contributed by atoms with Gasteiger partial charge in [0.15, 0.2) is 0 Å². The van der Waals surface area contributed by atoms with E-state index in [-0.39, 0.29) is 23.7 Å². The second kappa shape index (κ2) is 5.52. The van der Waals surface area contributed by atoms with Crippen LogP contribution in [0.3, 0.4) is 0 Å². The van der Waals surface area contributed by atoms with E-state index in [1.807, 2.05) is 4.90 Å². The minimum Gasteiger partial charge on any atom is -0.323 e. The van der Waals surface area contributed by atoms with E-state index in [2.05, 4.69) is 26.1 Å². The van der Waals surface area contributed by atoms with Crippen molar-refractivity contribution in [3.05, 3.63) is 0 Å². The summed E-state index contributed by atoms with van der Waals surface area (Å²) in [5.74, 6) is 1.51. The highest BCUT2D eigenvalue weighted by Gasteiger charge is 2.59. The summed E-state index contributed by atoms with van der Waals surface area (Å²) in [5, 5.41) is 3.54. The van der Waals surface area contributed by atoms with Crippen LogP contribution in [0.4, 0.5) is 0 Å². The van der Waals surface area contributed by atoms with Crippen molar-refractivity contribution in [2.75, 3.05) is 12.0 Å². The molecule has 19 heavy (non-hydrogen) atoms. The third-order valence-corrected chi connectivity index (χ3v) is 4.98. The third kappa shape index (κ3) is 3.19. The van der Waals surface area contributed by atoms with Gasteiger partial charge in [-0.15, -0.1) is 0 Å². The lowest BCUT2D eigenvalue weighted by molar-refractivity contribution is -0.132. The second-order valence-corrected chi connectivity index (χ2v) is 8.05. The monoisotopic (exact) mass is 286 g/mol. The molecule has 1 saturated carbocycles. The van der Waals surface area contributed by atoms with E-state index in [0.29, 0.717) is 11.7 Å². The highest BCUT2D eigenvalue weighted by atomic mass is 32.2. The molecule has 1 N–H and O–H groups in total. The van der Waals surface area contributed by atoms with Crippen LogP contribution in [-0.2, 0) is 15.6 Å². The van der Waals surface area contributed by atoms with Crippen molar-refractivity contribution < 1.29 is 9.00 Å². The van der Waals surface area contributed by atoms with Crippen LogP contribution in [0, 0.1) is 5.92 Å². The zero-order chi connectivity index (χ0) is 14.2. The molecule has 1 spiro atoms. The normalized spacial score (nSPS) is 28.2. The Morgan fingerprint density at radius 1 is 1.42 bits per heavy atom. The molecular formula is C14H26N2O2S. The maximum absolute atomic E-state index is 12.6. The first-order valence-corrected chi connectivity index (χ1v) is 8.99. The summed E-state index contributed by atoms with van der Waals surface area (Å²) in [6.07, 6.45) is 5.65. The van der Waals surface area contributed by atoms with Gasteiger partial charge in [0.05, 0.1) is 11.7 Å². The number of nitrogens with zero attached hydrogens (tertiary/aromatic N) is 1. The van der Waals surface area contributed by atoms with Gasteiger partial charge in [0.25, 0.3) is 0 Å². The largest absolute Gasteiger partial charge is 0.323 e.